The summed E-state index contributed by atoms with van der Waals surface area (Å²) in [7, 11) is 5.56. The molecule has 0 spiro atoms. The summed E-state index contributed by atoms with van der Waals surface area (Å²) in [6.07, 6.45) is 16.4. The standard InChI is InChI=1S/C21H20N10S.C16H18N4O3S.C9H19N/c1-23-19-16-13(2-4-25-19)15-18(28-16)29-21(30-20(15)31-7-3-11(22)10-31)32-12-8-14-17(27-9-12)26-6-5-24-14;1-16(2,3)23-15(22)20(4)12-9-7-10-11(8(9)5-6-17-12)13(21)19-14(24)18-10;1-3-8-6-4-5-7-9(8)10-2/h2,4-6,8-9,11H,3,7,10,22H2,1H3,(H,23,25)(H,28,29,30);5-6H,7H2,1-4H3,(H2,18,19,21,24);8-10H,3-7H2,1-2H3/t11-;;/m1../s1. The number of hydrogen-bond acceptors (Lipinski definition) is 16. The van der Waals surface area contributed by atoms with Gasteiger partial charge in [-0.3, -0.25) is 19.7 Å². The van der Waals surface area contributed by atoms with Gasteiger partial charge in [0.05, 0.1) is 16.5 Å². The van der Waals surface area contributed by atoms with Gasteiger partial charge in [-0.15, -0.1) is 0 Å². The van der Waals surface area contributed by atoms with Crippen LogP contribution in [0, 0.1) is 10.7 Å². The first kappa shape index (κ1) is 46.4. The number of carbonyl (C=O) groups is 1. The largest absolute Gasteiger partial charge is 0.443 e. The molecule has 66 heavy (non-hydrogen) atoms. The summed E-state index contributed by atoms with van der Waals surface area (Å²) < 4.78 is 5.67. The lowest BCUT2D eigenvalue weighted by molar-refractivity contribution is 0.0588. The summed E-state index contributed by atoms with van der Waals surface area (Å²) in [6, 6.07) is 6.67. The number of nitrogens with one attached hydrogen (secondary N) is 5. The molecule has 18 nitrogen and oxygen atoms in total. The Morgan fingerprint density at radius 1 is 1.02 bits per heavy atom. The fourth-order valence-electron chi connectivity index (χ4n) is 8.93. The van der Waals surface area contributed by atoms with E-state index in [4.69, 9.17) is 32.7 Å². The minimum absolute atomic E-state index is 0.138. The molecule has 3 aliphatic rings. The van der Waals surface area contributed by atoms with Crippen LogP contribution in [-0.2, 0) is 11.2 Å². The number of nitrogens with two attached hydrogens (primary N) is 1. The zero-order valence-corrected chi connectivity index (χ0v) is 40.0. The number of H-pyrrole nitrogens is 3. The molecule has 7 aromatic heterocycles. The maximum atomic E-state index is 12.3. The molecule has 10 rings (SSSR count). The molecule has 346 valence electrons. The van der Waals surface area contributed by atoms with Crippen LogP contribution in [0.3, 0.4) is 0 Å². The highest BCUT2D eigenvalue weighted by Gasteiger charge is 2.30. The van der Waals surface area contributed by atoms with Crippen molar-refractivity contribution in [2.75, 3.05) is 49.3 Å². The van der Waals surface area contributed by atoms with Gasteiger partial charge in [0, 0.05) is 98.2 Å². The van der Waals surface area contributed by atoms with E-state index in [1.807, 2.05) is 19.2 Å². The van der Waals surface area contributed by atoms with Gasteiger partial charge in [0.2, 0.25) is 0 Å². The second-order valence-electron chi connectivity index (χ2n) is 17.7. The van der Waals surface area contributed by atoms with Crippen molar-refractivity contribution >= 4 is 80.6 Å². The minimum atomic E-state index is -0.603. The van der Waals surface area contributed by atoms with E-state index in [1.165, 1.54) is 48.8 Å². The molecule has 1 aliphatic heterocycles. The molecule has 20 heteroatoms. The molecular weight excluding hydrogens is 875 g/mol. The topological polar surface area (TPSA) is 238 Å². The number of fused-ring (bicyclic) bond motifs is 7. The molecule has 3 atom stereocenters. The summed E-state index contributed by atoms with van der Waals surface area (Å²) in [5.41, 5.74) is 11.2. The van der Waals surface area contributed by atoms with Crippen LogP contribution in [0.15, 0.2) is 64.0 Å². The monoisotopic (exact) mass is 931 g/mol. The van der Waals surface area contributed by atoms with Crippen molar-refractivity contribution in [1.29, 1.82) is 0 Å². The predicted molar refractivity (Wildman–Crippen MR) is 263 cm³/mol. The molecule has 2 unspecified atom stereocenters. The van der Waals surface area contributed by atoms with Gasteiger partial charge < -0.3 is 36.0 Å². The van der Waals surface area contributed by atoms with Gasteiger partial charge in [0.25, 0.3) is 5.56 Å². The highest BCUT2D eigenvalue weighted by atomic mass is 32.2. The number of pyridine rings is 3. The van der Waals surface area contributed by atoms with E-state index >= 15 is 0 Å². The number of amides is 1. The van der Waals surface area contributed by atoms with Crippen molar-refractivity contribution in [3.8, 4) is 11.1 Å². The Bertz CT molecular complexity index is 2990. The van der Waals surface area contributed by atoms with Crippen molar-refractivity contribution in [3.05, 3.63) is 75.6 Å². The van der Waals surface area contributed by atoms with E-state index in [2.05, 4.69) is 69.4 Å². The lowest BCUT2D eigenvalue weighted by Gasteiger charge is -2.30. The molecule has 0 bridgehead atoms. The van der Waals surface area contributed by atoms with Crippen molar-refractivity contribution < 1.29 is 9.53 Å². The number of aromatic nitrogens is 10. The summed E-state index contributed by atoms with van der Waals surface area (Å²) in [5, 5.41) is 9.20. The molecule has 1 saturated carbocycles. The smallest absolute Gasteiger partial charge is 0.415 e. The highest BCUT2D eigenvalue weighted by Crippen LogP contribution is 2.39. The third-order valence-electron chi connectivity index (χ3n) is 12.1. The number of ether oxygens (including phenoxy) is 1. The van der Waals surface area contributed by atoms with Crippen molar-refractivity contribution in [2.24, 2.45) is 11.7 Å². The third-order valence-corrected chi connectivity index (χ3v) is 13.1. The number of nitrogens with zero attached hydrogens (tertiary/aromatic N) is 9. The first-order valence-corrected chi connectivity index (χ1v) is 23.6. The molecule has 2 aliphatic carbocycles. The van der Waals surface area contributed by atoms with Crippen LogP contribution in [0.2, 0.25) is 0 Å². The Balaban J connectivity index is 0.000000153. The van der Waals surface area contributed by atoms with E-state index in [-0.39, 0.29) is 16.4 Å². The lowest BCUT2D eigenvalue weighted by atomic mass is 9.83. The molecular formula is C46H57N15O3S2. The Labute approximate surface area is 391 Å². The Hall–Kier alpha value is -6.09. The highest BCUT2D eigenvalue weighted by molar-refractivity contribution is 7.99. The average molecular weight is 932 g/mol. The maximum absolute atomic E-state index is 12.3. The van der Waals surface area contributed by atoms with Gasteiger partial charge in [-0.05, 0) is 101 Å². The fraction of sp³-hybridized carbons (Fsp3) is 0.435. The van der Waals surface area contributed by atoms with Gasteiger partial charge in [-0.1, -0.05) is 26.2 Å². The van der Waals surface area contributed by atoms with Crippen molar-refractivity contribution in [1.82, 2.24) is 55.2 Å². The normalized spacial score (nSPS) is 17.7. The fourth-order valence-corrected chi connectivity index (χ4v) is 9.90. The molecule has 0 radical (unpaired) electrons. The van der Waals surface area contributed by atoms with Crippen molar-refractivity contribution in [2.45, 2.75) is 100 Å². The molecule has 7 aromatic rings. The number of anilines is 3. The molecule has 0 aromatic carbocycles. The first-order valence-electron chi connectivity index (χ1n) is 22.3. The van der Waals surface area contributed by atoms with E-state index in [0.29, 0.717) is 28.6 Å². The summed E-state index contributed by atoms with van der Waals surface area (Å²) in [5.74, 6) is 3.09. The van der Waals surface area contributed by atoms with Crippen LogP contribution in [-0.4, -0.2) is 108 Å². The van der Waals surface area contributed by atoms with Gasteiger partial charge in [0.15, 0.2) is 15.6 Å². The first-order chi connectivity index (χ1) is 31.7. The summed E-state index contributed by atoms with van der Waals surface area (Å²) >= 11 is 6.48. The van der Waals surface area contributed by atoms with Gasteiger partial charge >= 0.3 is 6.09 Å². The second-order valence-corrected chi connectivity index (χ2v) is 19.1. The number of rotatable bonds is 7. The Morgan fingerprint density at radius 3 is 2.53 bits per heavy atom. The Kier molecular flexibility index (Phi) is 13.9. The summed E-state index contributed by atoms with van der Waals surface area (Å²) in [6.45, 7) is 9.34. The average Bonchev–Trinajstić information content (AvgIpc) is 4.03. The van der Waals surface area contributed by atoms with Crippen LogP contribution in [0.4, 0.5) is 22.2 Å². The predicted octanol–water partition coefficient (Wildman–Crippen LogP) is 7.52. The number of aromatic amines is 3. The van der Waals surface area contributed by atoms with Crippen molar-refractivity contribution in [3.63, 3.8) is 0 Å². The zero-order valence-electron chi connectivity index (χ0n) is 38.4. The van der Waals surface area contributed by atoms with Crippen LogP contribution >= 0.6 is 24.0 Å². The van der Waals surface area contributed by atoms with Gasteiger partial charge in [-0.25, -0.2) is 34.7 Å². The van der Waals surface area contributed by atoms with Crippen LogP contribution in [0.1, 0.15) is 77.5 Å². The van der Waals surface area contributed by atoms with Gasteiger partial charge in [-0.2, -0.15) is 0 Å². The van der Waals surface area contributed by atoms with E-state index in [1.54, 1.807) is 64.9 Å². The van der Waals surface area contributed by atoms with Gasteiger partial charge in [0.1, 0.15) is 34.2 Å². The molecule has 2 fully saturated rings. The molecule has 1 saturated heterocycles. The van der Waals surface area contributed by atoms with Crippen LogP contribution in [0.5, 0.6) is 0 Å². The van der Waals surface area contributed by atoms with E-state index < -0.39 is 11.7 Å². The molecule has 1 amide bonds. The zero-order chi connectivity index (χ0) is 46.7. The summed E-state index contributed by atoms with van der Waals surface area (Å²) in [4.78, 5) is 69.6. The molecule has 8 heterocycles. The SMILES string of the molecule is CCC1CCCCC1NC.CN(C(=O)OC(C)(C)C)c1nccc2c1Cc1[nH]c(=S)[nH]c(=O)c1-2.CNc1nccc2c1[nH]c1nc(Sc3cnc4nccnc4c3)nc(N3CC[C@@H](N)C3)c12. The molecule has 7 N–H and O–H groups in total. The van der Waals surface area contributed by atoms with Crippen LogP contribution in [0.25, 0.3) is 44.2 Å². The quantitative estimate of drug-likeness (QED) is 0.0669. The minimum Gasteiger partial charge on any atom is -0.443 e. The number of carbonyl (C=O) groups excluding carboxylic acids is 1. The second kappa shape index (κ2) is 19.8. The van der Waals surface area contributed by atoms with Crippen LogP contribution < -0.4 is 31.7 Å². The lowest BCUT2D eigenvalue weighted by Crippen LogP contribution is -2.35. The Morgan fingerprint density at radius 2 is 1.80 bits per heavy atom. The van der Waals surface area contributed by atoms with E-state index in [0.717, 1.165) is 92.3 Å². The van der Waals surface area contributed by atoms with E-state index in [9.17, 15) is 9.59 Å². The third kappa shape index (κ3) is 10.0. The number of hydrogen-bond donors (Lipinski definition) is 6. The maximum Gasteiger partial charge on any atom is 0.415 e.